The number of aromatic amines is 4. The number of ether oxygens (including phenoxy) is 2. The molecule has 16 nitrogen and oxygen atoms in total. The summed E-state index contributed by atoms with van der Waals surface area (Å²) in [7, 11) is -7.14. The van der Waals surface area contributed by atoms with Gasteiger partial charge in [-0.05, 0) is 111 Å². The second-order valence-corrected chi connectivity index (χ2v) is 19.3. The van der Waals surface area contributed by atoms with E-state index in [1.165, 1.54) is 6.66 Å². The van der Waals surface area contributed by atoms with Gasteiger partial charge in [0.05, 0.1) is 29.0 Å². The lowest BCUT2D eigenvalue weighted by molar-refractivity contribution is 0.195. The van der Waals surface area contributed by atoms with Crippen LogP contribution in [0.4, 0.5) is 0 Å². The topological polar surface area (TPSA) is 196 Å². The summed E-state index contributed by atoms with van der Waals surface area (Å²) in [6.45, 7) is 15.5. The van der Waals surface area contributed by atoms with Crippen molar-refractivity contribution in [3.8, 4) is 45.8 Å². The van der Waals surface area contributed by atoms with E-state index in [4.69, 9.17) is 23.0 Å². The molecule has 0 aliphatic rings. The molecule has 8 rings (SSSR count). The van der Waals surface area contributed by atoms with Gasteiger partial charge in [0.15, 0.2) is 0 Å². The van der Waals surface area contributed by atoms with Crippen LogP contribution in [0.25, 0.3) is 66.4 Å². The molecule has 332 valence electrons. The standard InChI is InChI=1S/C45H54N8O8P2/c1-6-52(7-2)19-22-57-32-10-14-38-30(24-32)27-43(47-38)45-37-29-35(13-17-41(37)49-51-45)61-63(5,56)59-21-9-18-53(8-3)20-23-58-33-11-15-39-31(25-33)26-42(46-39)44-36-28-34(60-62(4,54)55)12-16-40(36)48-50-44/h10-17,24-29,46-47H,6-9,18-23H2,1-5H3,(H,48,50)(H,49,51)(H,54,55). The number of aromatic nitrogens is 6. The molecule has 0 saturated heterocycles. The van der Waals surface area contributed by atoms with E-state index in [9.17, 15) is 14.0 Å². The first kappa shape index (κ1) is 44.0. The Kier molecular flexibility index (Phi) is 13.3. The maximum Gasteiger partial charge on any atom is 0.376 e. The van der Waals surface area contributed by atoms with Crippen molar-refractivity contribution in [2.24, 2.45) is 0 Å². The lowest BCUT2D eigenvalue weighted by Crippen LogP contribution is -2.30. The molecular weight excluding hydrogens is 842 g/mol. The smallest absolute Gasteiger partial charge is 0.376 e. The highest BCUT2D eigenvalue weighted by molar-refractivity contribution is 7.53. The number of hydrogen-bond donors (Lipinski definition) is 5. The predicted molar refractivity (Wildman–Crippen MR) is 249 cm³/mol. The zero-order chi connectivity index (χ0) is 44.1. The average Bonchev–Trinajstić information content (AvgIpc) is 4.06. The van der Waals surface area contributed by atoms with Crippen molar-refractivity contribution in [3.05, 3.63) is 84.9 Å². The first-order valence-corrected chi connectivity index (χ1v) is 25.2. The van der Waals surface area contributed by atoms with E-state index >= 15 is 0 Å². The molecule has 4 aromatic carbocycles. The molecule has 8 aromatic rings. The van der Waals surface area contributed by atoms with Crippen LogP contribution >= 0.6 is 15.2 Å². The number of hydrogen-bond acceptors (Lipinski definition) is 11. The maximum absolute atomic E-state index is 13.5. The molecule has 0 radical (unpaired) electrons. The van der Waals surface area contributed by atoms with Crippen LogP contribution in [-0.2, 0) is 13.7 Å². The molecule has 4 aromatic heterocycles. The normalized spacial score (nSPS) is 14.0. The molecule has 0 amide bonds. The van der Waals surface area contributed by atoms with Crippen molar-refractivity contribution in [2.75, 3.05) is 72.4 Å². The van der Waals surface area contributed by atoms with Gasteiger partial charge in [-0.1, -0.05) is 20.8 Å². The van der Waals surface area contributed by atoms with Crippen LogP contribution in [0.5, 0.6) is 23.0 Å². The lowest BCUT2D eigenvalue weighted by Gasteiger charge is -2.21. The molecule has 0 aliphatic carbocycles. The lowest BCUT2D eigenvalue weighted by atomic mass is 10.1. The van der Waals surface area contributed by atoms with Crippen LogP contribution in [0.2, 0.25) is 0 Å². The number of H-pyrrole nitrogens is 4. The van der Waals surface area contributed by atoms with Gasteiger partial charge in [-0.2, -0.15) is 10.2 Å². The first-order valence-electron chi connectivity index (χ1n) is 21.2. The summed E-state index contributed by atoms with van der Waals surface area (Å²) >= 11 is 0. The fourth-order valence-electron chi connectivity index (χ4n) is 7.65. The third-order valence-corrected chi connectivity index (χ3v) is 12.7. The maximum atomic E-state index is 13.5. The number of benzene rings is 4. The van der Waals surface area contributed by atoms with Gasteiger partial charge < -0.3 is 43.2 Å². The summed E-state index contributed by atoms with van der Waals surface area (Å²) in [5.74, 6) is 2.29. The SMILES string of the molecule is CCN(CC)CCOc1ccc2[nH]c(-c3n[nH]c4ccc(OP(C)(=O)OCCCN(CC)CCOc5ccc6[nH]c(-c7n[nH]c8ccc(OP(C)(=O)O)cc78)cc6c5)cc34)cc2c1. The molecular formula is C45H54N8O8P2. The number of nitrogens with zero attached hydrogens (tertiary/aromatic N) is 4. The molecule has 0 saturated carbocycles. The predicted octanol–water partition coefficient (Wildman–Crippen LogP) is 9.66. The average molecular weight is 897 g/mol. The van der Waals surface area contributed by atoms with Crippen LogP contribution in [0.15, 0.2) is 84.9 Å². The molecule has 0 bridgehead atoms. The van der Waals surface area contributed by atoms with Gasteiger partial charge in [-0.15, -0.1) is 0 Å². The summed E-state index contributed by atoms with van der Waals surface area (Å²) in [6.07, 6.45) is 0.661. The quantitative estimate of drug-likeness (QED) is 0.0320. The van der Waals surface area contributed by atoms with Gasteiger partial charge in [0, 0.05) is 65.5 Å². The summed E-state index contributed by atoms with van der Waals surface area (Å²) < 4.78 is 54.5. The molecule has 2 unspecified atom stereocenters. The van der Waals surface area contributed by atoms with E-state index < -0.39 is 15.2 Å². The minimum absolute atomic E-state index is 0.271. The van der Waals surface area contributed by atoms with E-state index in [1.54, 1.807) is 24.3 Å². The van der Waals surface area contributed by atoms with E-state index in [0.29, 0.717) is 37.6 Å². The van der Waals surface area contributed by atoms with Gasteiger partial charge in [-0.25, -0.2) is 9.13 Å². The fraction of sp³-hybridized carbons (Fsp3) is 0.333. The van der Waals surface area contributed by atoms with Gasteiger partial charge in [0.1, 0.15) is 47.6 Å². The third-order valence-electron chi connectivity index (χ3n) is 10.9. The Hall–Kier alpha value is -5.60. The number of fused-ring (bicyclic) bond motifs is 4. The van der Waals surface area contributed by atoms with Crippen molar-refractivity contribution in [3.63, 3.8) is 0 Å². The summed E-state index contributed by atoms with van der Waals surface area (Å²) in [6, 6.07) is 26.5. The van der Waals surface area contributed by atoms with Crippen molar-refractivity contribution >= 4 is 58.8 Å². The van der Waals surface area contributed by atoms with Gasteiger partial charge in [0.2, 0.25) is 0 Å². The van der Waals surface area contributed by atoms with Crippen LogP contribution in [-0.4, -0.2) is 117 Å². The highest BCUT2D eigenvalue weighted by atomic mass is 31.2. The van der Waals surface area contributed by atoms with Gasteiger partial charge in [0.25, 0.3) is 0 Å². The Morgan fingerprint density at radius 1 is 0.571 bits per heavy atom. The molecule has 5 N–H and O–H groups in total. The Morgan fingerprint density at radius 3 is 1.56 bits per heavy atom. The highest BCUT2D eigenvalue weighted by Gasteiger charge is 2.21. The molecule has 63 heavy (non-hydrogen) atoms. The monoisotopic (exact) mass is 896 g/mol. The number of nitrogens with one attached hydrogen (secondary N) is 4. The Bertz CT molecular complexity index is 2930. The molecule has 18 heteroatoms. The van der Waals surface area contributed by atoms with Crippen LogP contribution < -0.4 is 18.5 Å². The van der Waals surface area contributed by atoms with E-state index in [2.05, 4.69) is 67.0 Å². The second kappa shape index (κ2) is 19.0. The Labute approximate surface area is 365 Å². The highest BCUT2D eigenvalue weighted by Crippen LogP contribution is 2.45. The molecule has 2 atom stereocenters. The fourth-order valence-corrected chi connectivity index (χ4v) is 9.17. The minimum Gasteiger partial charge on any atom is -0.492 e. The molecule has 4 heterocycles. The first-order chi connectivity index (χ1) is 30.4. The third kappa shape index (κ3) is 10.8. The summed E-state index contributed by atoms with van der Waals surface area (Å²) in [4.78, 5) is 21.1. The van der Waals surface area contributed by atoms with E-state index in [-0.39, 0.29) is 12.4 Å². The second-order valence-electron chi connectivity index (χ2n) is 15.5. The van der Waals surface area contributed by atoms with Crippen LogP contribution in [0.1, 0.15) is 27.2 Å². The van der Waals surface area contributed by atoms with Crippen molar-refractivity contribution < 1.29 is 37.1 Å². The van der Waals surface area contributed by atoms with Gasteiger partial charge >= 0.3 is 15.2 Å². The van der Waals surface area contributed by atoms with Crippen molar-refractivity contribution in [2.45, 2.75) is 27.2 Å². The van der Waals surface area contributed by atoms with Crippen molar-refractivity contribution in [1.29, 1.82) is 0 Å². The molecule has 0 spiro atoms. The van der Waals surface area contributed by atoms with E-state index in [0.717, 1.165) is 112 Å². The van der Waals surface area contributed by atoms with Gasteiger partial charge in [-0.3, -0.25) is 14.7 Å². The summed E-state index contributed by atoms with van der Waals surface area (Å²) in [5, 5.41) is 18.7. The number of rotatable bonds is 22. The minimum atomic E-state index is -3.71. The van der Waals surface area contributed by atoms with Crippen LogP contribution in [0.3, 0.4) is 0 Å². The Morgan fingerprint density at radius 2 is 1.05 bits per heavy atom. The Balaban J connectivity index is 0.812. The summed E-state index contributed by atoms with van der Waals surface area (Å²) in [5.41, 5.74) is 6.51. The zero-order valence-electron chi connectivity index (χ0n) is 36.1. The number of likely N-dealkylation sites (N-methyl/N-ethyl adjacent to an activating group) is 2. The molecule has 0 fully saturated rings. The van der Waals surface area contributed by atoms with Crippen LogP contribution in [0, 0.1) is 0 Å². The molecule has 0 aliphatic heterocycles. The largest absolute Gasteiger partial charge is 0.492 e. The van der Waals surface area contributed by atoms with Crippen molar-refractivity contribution in [1.82, 2.24) is 40.2 Å². The zero-order valence-corrected chi connectivity index (χ0v) is 37.9. The van der Waals surface area contributed by atoms with E-state index in [1.807, 2.05) is 54.6 Å².